The summed E-state index contributed by atoms with van der Waals surface area (Å²) in [5.74, 6) is -0.505. The second-order valence-electron chi connectivity index (χ2n) is 3.88. The average Bonchev–Trinajstić information content (AvgIpc) is 2.85. The van der Waals surface area contributed by atoms with E-state index in [4.69, 9.17) is 22.5 Å². The number of benzene rings is 1. The maximum atomic E-state index is 12.0. The topological polar surface area (TPSA) is 101 Å². The summed E-state index contributed by atoms with van der Waals surface area (Å²) in [6.45, 7) is 1.81. The number of halogens is 1. The number of carbonyl (C=O) groups excluding carboxylic acids is 1. The SMILES string of the molecule is Cc1nc(C(=O)Nc2cc(Cl)ccc2C(N)=NO)cs1. The highest BCUT2D eigenvalue weighted by molar-refractivity contribution is 7.09. The Balaban J connectivity index is 2.33. The number of amidine groups is 1. The second kappa shape index (κ2) is 5.89. The molecule has 1 aromatic carbocycles. The Morgan fingerprint density at radius 3 is 2.90 bits per heavy atom. The molecule has 0 saturated carbocycles. The number of anilines is 1. The van der Waals surface area contributed by atoms with Crippen LogP contribution in [-0.2, 0) is 0 Å². The van der Waals surface area contributed by atoms with Gasteiger partial charge < -0.3 is 16.3 Å². The third-order valence-corrected chi connectivity index (χ3v) is 3.47. The van der Waals surface area contributed by atoms with Crippen LogP contribution in [0.15, 0.2) is 28.7 Å². The molecule has 1 heterocycles. The summed E-state index contributed by atoms with van der Waals surface area (Å²) in [5, 5.41) is 17.2. The zero-order valence-corrected chi connectivity index (χ0v) is 12.0. The molecule has 104 valence electrons. The molecule has 0 bridgehead atoms. The van der Waals surface area contributed by atoms with E-state index in [0.29, 0.717) is 22.0 Å². The minimum atomic E-state index is -0.386. The highest BCUT2D eigenvalue weighted by Crippen LogP contribution is 2.22. The van der Waals surface area contributed by atoms with E-state index in [0.717, 1.165) is 5.01 Å². The smallest absolute Gasteiger partial charge is 0.275 e. The van der Waals surface area contributed by atoms with Gasteiger partial charge in [0.25, 0.3) is 5.91 Å². The van der Waals surface area contributed by atoms with E-state index in [2.05, 4.69) is 15.5 Å². The molecule has 0 radical (unpaired) electrons. The zero-order chi connectivity index (χ0) is 14.7. The lowest BCUT2D eigenvalue weighted by atomic mass is 10.1. The summed E-state index contributed by atoms with van der Waals surface area (Å²) in [6.07, 6.45) is 0. The summed E-state index contributed by atoms with van der Waals surface area (Å²) in [7, 11) is 0. The van der Waals surface area contributed by atoms with Gasteiger partial charge in [-0.3, -0.25) is 4.79 Å². The highest BCUT2D eigenvalue weighted by atomic mass is 35.5. The van der Waals surface area contributed by atoms with E-state index < -0.39 is 0 Å². The Hall–Kier alpha value is -2.12. The van der Waals surface area contributed by atoms with Crippen molar-refractivity contribution >= 4 is 40.4 Å². The van der Waals surface area contributed by atoms with Gasteiger partial charge in [-0.1, -0.05) is 16.8 Å². The number of oxime groups is 1. The molecule has 20 heavy (non-hydrogen) atoms. The summed E-state index contributed by atoms with van der Waals surface area (Å²) in [6, 6.07) is 4.66. The van der Waals surface area contributed by atoms with Crippen molar-refractivity contribution in [3.05, 3.63) is 44.9 Å². The van der Waals surface area contributed by atoms with E-state index in [1.165, 1.54) is 17.4 Å². The maximum Gasteiger partial charge on any atom is 0.275 e. The van der Waals surface area contributed by atoms with Crippen molar-refractivity contribution < 1.29 is 10.0 Å². The number of amides is 1. The summed E-state index contributed by atoms with van der Waals surface area (Å²) >= 11 is 7.27. The molecular formula is C12H11ClN4O2S. The summed E-state index contributed by atoms with van der Waals surface area (Å²) in [4.78, 5) is 16.1. The van der Waals surface area contributed by atoms with Crippen LogP contribution in [0.3, 0.4) is 0 Å². The van der Waals surface area contributed by atoms with Crippen molar-refractivity contribution in [2.45, 2.75) is 6.92 Å². The Morgan fingerprint density at radius 1 is 1.55 bits per heavy atom. The molecule has 0 fully saturated rings. The Kier molecular flexibility index (Phi) is 4.21. The van der Waals surface area contributed by atoms with Gasteiger partial charge in [-0.15, -0.1) is 11.3 Å². The number of aryl methyl sites for hydroxylation is 1. The van der Waals surface area contributed by atoms with Crippen molar-refractivity contribution in [1.29, 1.82) is 0 Å². The first kappa shape index (κ1) is 14.3. The first-order chi connectivity index (χ1) is 9.51. The molecular weight excluding hydrogens is 300 g/mol. The van der Waals surface area contributed by atoms with E-state index in [1.807, 2.05) is 6.92 Å². The van der Waals surface area contributed by atoms with Crippen LogP contribution in [0.1, 0.15) is 21.1 Å². The fourth-order valence-corrected chi connectivity index (χ4v) is 2.32. The molecule has 1 aromatic heterocycles. The van der Waals surface area contributed by atoms with Gasteiger partial charge in [0.15, 0.2) is 5.84 Å². The number of hydrogen-bond acceptors (Lipinski definition) is 5. The number of hydrogen-bond donors (Lipinski definition) is 3. The standard InChI is InChI=1S/C12H11ClN4O2S/c1-6-15-10(5-20-6)12(18)16-9-4-7(13)2-3-8(9)11(14)17-19/h2-5,19H,1H3,(H2,14,17)(H,16,18). The highest BCUT2D eigenvalue weighted by Gasteiger charge is 2.14. The summed E-state index contributed by atoms with van der Waals surface area (Å²) in [5.41, 5.74) is 6.58. The number of aromatic nitrogens is 1. The summed E-state index contributed by atoms with van der Waals surface area (Å²) < 4.78 is 0. The largest absolute Gasteiger partial charge is 0.409 e. The fraction of sp³-hybridized carbons (Fsp3) is 0.0833. The molecule has 2 aromatic rings. The number of carbonyl (C=O) groups is 1. The van der Waals surface area contributed by atoms with Crippen LogP contribution in [0.5, 0.6) is 0 Å². The number of nitrogens with one attached hydrogen (secondary N) is 1. The van der Waals surface area contributed by atoms with Gasteiger partial charge in [0, 0.05) is 16.0 Å². The molecule has 0 aliphatic rings. The molecule has 4 N–H and O–H groups in total. The zero-order valence-electron chi connectivity index (χ0n) is 10.4. The minimum Gasteiger partial charge on any atom is -0.409 e. The predicted octanol–water partition coefficient (Wildman–Crippen LogP) is 2.45. The first-order valence-electron chi connectivity index (χ1n) is 5.52. The van der Waals surface area contributed by atoms with Gasteiger partial charge in [0.2, 0.25) is 0 Å². The lowest BCUT2D eigenvalue weighted by molar-refractivity contribution is 0.102. The maximum absolute atomic E-state index is 12.0. The molecule has 0 aliphatic carbocycles. The number of nitrogens with zero attached hydrogens (tertiary/aromatic N) is 2. The Morgan fingerprint density at radius 2 is 2.30 bits per heavy atom. The van der Waals surface area contributed by atoms with E-state index in [-0.39, 0.29) is 11.7 Å². The van der Waals surface area contributed by atoms with Crippen molar-refractivity contribution in [3.63, 3.8) is 0 Å². The first-order valence-corrected chi connectivity index (χ1v) is 6.78. The molecule has 8 heteroatoms. The normalized spacial score (nSPS) is 11.4. The van der Waals surface area contributed by atoms with Gasteiger partial charge in [0.1, 0.15) is 5.69 Å². The Bertz CT molecular complexity index is 684. The molecule has 1 amide bonds. The van der Waals surface area contributed by atoms with Crippen LogP contribution >= 0.6 is 22.9 Å². The molecule has 6 nitrogen and oxygen atoms in total. The van der Waals surface area contributed by atoms with Crippen molar-refractivity contribution in [2.75, 3.05) is 5.32 Å². The third-order valence-electron chi connectivity index (χ3n) is 2.47. The number of thiazole rings is 1. The van der Waals surface area contributed by atoms with Crippen molar-refractivity contribution in [1.82, 2.24) is 4.98 Å². The van der Waals surface area contributed by atoms with Crippen LogP contribution in [0.4, 0.5) is 5.69 Å². The fourth-order valence-electron chi connectivity index (χ4n) is 1.55. The lowest BCUT2D eigenvalue weighted by Crippen LogP contribution is -2.19. The van der Waals surface area contributed by atoms with Gasteiger partial charge in [-0.25, -0.2) is 4.98 Å². The van der Waals surface area contributed by atoms with Crippen molar-refractivity contribution in [2.24, 2.45) is 10.9 Å². The van der Waals surface area contributed by atoms with Crippen LogP contribution in [0, 0.1) is 6.92 Å². The number of nitrogens with two attached hydrogens (primary N) is 1. The molecule has 0 aliphatic heterocycles. The van der Waals surface area contributed by atoms with Crippen molar-refractivity contribution in [3.8, 4) is 0 Å². The van der Waals surface area contributed by atoms with Crippen LogP contribution < -0.4 is 11.1 Å². The van der Waals surface area contributed by atoms with Gasteiger partial charge in [0.05, 0.1) is 10.7 Å². The Labute approximate surface area is 123 Å². The van der Waals surface area contributed by atoms with E-state index >= 15 is 0 Å². The average molecular weight is 311 g/mol. The lowest BCUT2D eigenvalue weighted by Gasteiger charge is -2.09. The molecule has 0 atom stereocenters. The second-order valence-corrected chi connectivity index (χ2v) is 5.38. The van der Waals surface area contributed by atoms with E-state index in [9.17, 15) is 4.79 Å². The molecule has 2 rings (SSSR count). The van der Waals surface area contributed by atoms with Crippen LogP contribution in [0.25, 0.3) is 0 Å². The minimum absolute atomic E-state index is 0.119. The van der Waals surface area contributed by atoms with E-state index in [1.54, 1.807) is 17.5 Å². The third kappa shape index (κ3) is 3.06. The van der Waals surface area contributed by atoms with Crippen LogP contribution in [-0.4, -0.2) is 21.9 Å². The number of rotatable bonds is 3. The van der Waals surface area contributed by atoms with Crippen LogP contribution in [0.2, 0.25) is 5.02 Å². The van der Waals surface area contributed by atoms with Gasteiger partial charge >= 0.3 is 0 Å². The molecule has 0 spiro atoms. The van der Waals surface area contributed by atoms with Gasteiger partial charge in [-0.05, 0) is 25.1 Å². The quantitative estimate of drug-likeness (QED) is 0.351. The predicted molar refractivity (Wildman–Crippen MR) is 78.8 cm³/mol. The van der Waals surface area contributed by atoms with Gasteiger partial charge in [-0.2, -0.15) is 0 Å². The molecule has 0 unspecified atom stereocenters. The monoisotopic (exact) mass is 310 g/mol. The molecule has 0 saturated heterocycles.